The number of allylic oxidation sites excluding steroid dienone is 1. The lowest BCUT2D eigenvalue weighted by molar-refractivity contribution is -0.325. The molecule has 0 bridgehead atoms. The second-order valence-electron chi connectivity index (χ2n) is 2.78. The van der Waals surface area contributed by atoms with E-state index in [9.17, 15) is 0 Å². The molecule has 0 saturated carbocycles. The summed E-state index contributed by atoms with van der Waals surface area (Å²) in [6.45, 7) is 3.66. The van der Waals surface area contributed by atoms with Gasteiger partial charge in [0, 0.05) is 7.05 Å². The second kappa shape index (κ2) is 12.2. The molecule has 0 N–H and O–H groups in total. The predicted octanol–water partition coefficient (Wildman–Crippen LogP) is 2.88. The van der Waals surface area contributed by atoms with Crippen molar-refractivity contribution in [1.29, 1.82) is 0 Å². The summed E-state index contributed by atoms with van der Waals surface area (Å²) < 4.78 is 0. The molecule has 0 fully saturated rings. The zero-order valence-electron chi connectivity index (χ0n) is 10.1. The van der Waals surface area contributed by atoms with Crippen LogP contribution in [0.2, 0.25) is 0 Å². The van der Waals surface area contributed by atoms with Gasteiger partial charge in [-0.25, -0.2) is 0 Å². The number of halogens is 1. The van der Waals surface area contributed by atoms with Gasteiger partial charge in [-0.2, -0.15) is 0 Å². The first kappa shape index (κ1) is 17.5. The lowest BCUT2D eigenvalue weighted by atomic mass is 10.2. The monoisotopic (exact) mass is 245 g/mol. The van der Waals surface area contributed by atoms with E-state index in [2.05, 4.69) is 28.4 Å². The van der Waals surface area contributed by atoms with Crippen LogP contribution in [0.5, 0.6) is 0 Å². The van der Waals surface area contributed by atoms with Crippen LogP contribution in [0.4, 0.5) is 0 Å². The minimum absolute atomic E-state index is 0. The van der Waals surface area contributed by atoms with E-state index in [1.807, 2.05) is 24.3 Å². The Balaban J connectivity index is 0. The van der Waals surface area contributed by atoms with Crippen LogP contribution in [-0.4, -0.2) is 26.5 Å². The fourth-order valence-corrected chi connectivity index (χ4v) is 0.855. The van der Waals surface area contributed by atoms with Crippen molar-refractivity contribution < 1.29 is 9.68 Å². The van der Waals surface area contributed by atoms with Crippen LogP contribution in [0.25, 0.3) is 0 Å². The normalized spacial score (nSPS) is 8.75. The summed E-state index contributed by atoms with van der Waals surface area (Å²) >= 11 is 0. The van der Waals surface area contributed by atoms with Crippen molar-refractivity contribution in [2.45, 2.75) is 6.42 Å². The SMILES string of the molecule is C=CCc1ccccc1.CON(C)OC.Cl. The quantitative estimate of drug-likeness (QED) is 0.602. The fraction of sp³-hybridized carbons (Fsp3) is 0.333. The molecule has 0 aliphatic carbocycles. The average Bonchev–Trinajstić information content (AvgIpc) is 2.31. The molecule has 1 aromatic carbocycles. The van der Waals surface area contributed by atoms with Gasteiger partial charge in [0.15, 0.2) is 0 Å². The third kappa shape index (κ3) is 9.68. The number of nitrogens with zero attached hydrogens (tertiary/aromatic N) is 1. The summed E-state index contributed by atoms with van der Waals surface area (Å²) in [5, 5.41) is 1.25. The second-order valence-corrected chi connectivity index (χ2v) is 2.78. The first-order valence-corrected chi connectivity index (χ1v) is 4.71. The van der Waals surface area contributed by atoms with Gasteiger partial charge in [0.05, 0.1) is 14.2 Å². The predicted molar refractivity (Wildman–Crippen MR) is 69.4 cm³/mol. The maximum absolute atomic E-state index is 4.51. The highest BCUT2D eigenvalue weighted by atomic mass is 35.5. The Kier molecular flexibility index (Phi) is 13.4. The van der Waals surface area contributed by atoms with E-state index < -0.39 is 0 Å². The first-order valence-electron chi connectivity index (χ1n) is 4.71. The highest BCUT2D eigenvalue weighted by Crippen LogP contribution is 1.98. The van der Waals surface area contributed by atoms with Crippen LogP contribution in [-0.2, 0) is 16.1 Å². The maximum Gasteiger partial charge on any atom is 0.0601 e. The highest BCUT2D eigenvalue weighted by molar-refractivity contribution is 5.85. The lowest BCUT2D eigenvalue weighted by Gasteiger charge is -2.06. The smallest absolute Gasteiger partial charge is 0.0601 e. The van der Waals surface area contributed by atoms with Crippen molar-refractivity contribution in [2.24, 2.45) is 0 Å². The van der Waals surface area contributed by atoms with Gasteiger partial charge in [-0.15, -0.1) is 19.0 Å². The molecule has 16 heavy (non-hydrogen) atoms. The summed E-state index contributed by atoms with van der Waals surface area (Å²) in [6.07, 6.45) is 2.89. The molecule has 0 aromatic heterocycles. The van der Waals surface area contributed by atoms with Crippen LogP contribution in [0.1, 0.15) is 5.56 Å². The first-order chi connectivity index (χ1) is 7.24. The van der Waals surface area contributed by atoms with Crippen LogP contribution < -0.4 is 0 Å². The van der Waals surface area contributed by atoms with Gasteiger partial charge < -0.3 is 0 Å². The molecule has 0 atom stereocenters. The highest BCUT2D eigenvalue weighted by Gasteiger charge is 1.82. The van der Waals surface area contributed by atoms with Gasteiger partial charge in [-0.05, 0) is 12.0 Å². The van der Waals surface area contributed by atoms with Crippen molar-refractivity contribution in [2.75, 3.05) is 21.3 Å². The molecule has 0 radical (unpaired) electrons. The molecule has 0 heterocycles. The third-order valence-electron chi connectivity index (χ3n) is 1.74. The average molecular weight is 246 g/mol. The molecule has 1 aromatic rings. The van der Waals surface area contributed by atoms with Crippen LogP contribution >= 0.6 is 12.4 Å². The van der Waals surface area contributed by atoms with E-state index in [4.69, 9.17) is 0 Å². The number of hydrogen-bond donors (Lipinski definition) is 0. The van der Waals surface area contributed by atoms with Gasteiger partial charge >= 0.3 is 0 Å². The molecular weight excluding hydrogens is 226 g/mol. The maximum atomic E-state index is 4.51. The van der Waals surface area contributed by atoms with Gasteiger partial charge in [-0.3, -0.25) is 9.68 Å². The summed E-state index contributed by atoms with van der Waals surface area (Å²) in [4.78, 5) is 9.02. The molecular formula is C12H20ClNO2. The lowest BCUT2D eigenvalue weighted by Crippen LogP contribution is -2.13. The molecule has 0 aliphatic heterocycles. The van der Waals surface area contributed by atoms with E-state index in [1.165, 1.54) is 25.0 Å². The van der Waals surface area contributed by atoms with E-state index in [1.54, 1.807) is 7.05 Å². The van der Waals surface area contributed by atoms with Crippen molar-refractivity contribution in [3.63, 3.8) is 0 Å². The number of hydroxylamine groups is 2. The summed E-state index contributed by atoms with van der Waals surface area (Å²) in [5.74, 6) is 0. The van der Waals surface area contributed by atoms with Gasteiger partial charge in [-0.1, -0.05) is 41.6 Å². The Morgan fingerprint density at radius 2 is 1.69 bits per heavy atom. The van der Waals surface area contributed by atoms with Crippen molar-refractivity contribution in [3.05, 3.63) is 48.6 Å². The Labute approximate surface area is 104 Å². The molecule has 92 valence electrons. The van der Waals surface area contributed by atoms with Crippen molar-refractivity contribution in [3.8, 4) is 0 Å². The molecule has 0 aliphatic rings. The number of rotatable bonds is 4. The van der Waals surface area contributed by atoms with Gasteiger partial charge in [0.1, 0.15) is 0 Å². The Bertz CT molecular complexity index is 250. The molecule has 0 spiro atoms. The summed E-state index contributed by atoms with van der Waals surface area (Å²) in [7, 11) is 4.73. The molecule has 0 unspecified atom stereocenters. The van der Waals surface area contributed by atoms with Gasteiger partial charge in [0.2, 0.25) is 0 Å². The fourth-order valence-electron chi connectivity index (χ4n) is 0.855. The van der Waals surface area contributed by atoms with E-state index >= 15 is 0 Å². The summed E-state index contributed by atoms with van der Waals surface area (Å²) in [5.41, 5.74) is 1.33. The molecule has 3 nitrogen and oxygen atoms in total. The van der Waals surface area contributed by atoms with Crippen LogP contribution in [0.15, 0.2) is 43.0 Å². The number of hydrogen-bond acceptors (Lipinski definition) is 3. The van der Waals surface area contributed by atoms with Crippen molar-refractivity contribution >= 4 is 12.4 Å². The van der Waals surface area contributed by atoms with Crippen LogP contribution in [0, 0.1) is 0 Å². The zero-order chi connectivity index (χ0) is 11.5. The standard InChI is InChI=1S/C9H10.C3H9NO2.ClH/c1-2-6-9-7-4-3-5-8-9;1-4(5-2)6-3;/h2-5,7-8H,1,6H2;1-3H3;1H. The largest absolute Gasteiger partial charge is 0.278 e. The van der Waals surface area contributed by atoms with E-state index in [0.29, 0.717) is 0 Å². The zero-order valence-corrected chi connectivity index (χ0v) is 10.9. The Hall–Kier alpha value is -0.870. The van der Waals surface area contributed by atoms with E-state index in [-0.39, 0.29) is 12.4 Å². The summed E-state index contributed by atoms with van der Waals surface area (Å²) in [6, 6.07) is 10.3. The topological polar surface area (TPSA) is 21.7 Å². The minimum Gasteiger partial charge on any atom is -0.278 e. The molecule has 0 amide bonds. The number of benzene rings is 1. The van der Waals surface area contributed by atoms with Crippen LogP contribution in [0.3, 0.4) is 0 Å². The Morgan fingerprint density at radius 3 is 2.00 bits per heavy atom. The van der Waals surface area contributed by atoms with Crippen molar-refractivity contribution in [1.82, 2.24) is 5.23 Å². The van der Waals surface area contributed by atoms with E-state index in [0.717, 1.165) is 6.42 Å². The van der Waals surface area contributed by atoms with Gasteiger partial charge in [0.25, 0.3) is 0 Å². The Morgan fingerprint density at radius 1 is 1.19 bits per heavy atom. The molecule has 0 saturated heterocycles. The molecule has 4 heteroatoms. The molecule has 1 rings (SSSR count). The minimum atomic E-state index is 0. The third-order valence-corrected chi connectivity index (χ3v) is 1.74.